The summed E-state index contributed by atoms with van der Waals surface area (Å²) in [4.78, 5) is 15.6. The number of aromatic nitrogens is 1. The van der Waals surface area contributed by atoms with Gasteiger partial charge >= 0.3 is 6.18 Å². The van der Waals surface area contributed by atoms with E-state index < -0.39 is 12.7 Å². The van der Waals surface area contributed by atoms with Gasteiger partial charge in [-0.2, -0.15) is 13.2 Å². The molecule has 124 valence electrons. The maximum Gasteiger partial charge on any atom is 0.401 e. The second-order valence-electron chi connectivity index (χ2n) is 4.55. The number of carbonyl (C=O) groups is 1. The van der Waals surface area contributed by atoms with Crippen molar-refractivity contribution in [2.45, 2.75) is 19.0 Å². The fourth-order valence-corrected chi connectivity index (χ4v) is 1.91. The zero-order valence-corrected chi connectivity index (χ0v) is 13.4. The number of nitrogens with zero attached hydrogens (tertiary/aromatic N) is 1. The fraction of sp³-hybridized carbons (Fsp3) is 0.538. The molecule has 1 rings (SSSR count). The zero-order valence-electron chi connectivity index (χ0n) is 11.8. The van der Waals surface area contributed by atoms with Crippen LogP contribution in [0.4, 0.5) is 19.0 Å². The van der Waals surface area contributed by atoms with Crippen LogP contribution < -0.4 is 16.0 Å². The van der Waals surface area contributed by atoms with Crippen LogP contribution in [-0.2, 0) is 4.79 Å². The smallest absolute Gasteiger partial charge is 0.316 e. The van der Waals surface area contributed by atoms with Crippen LogP contribution >= 0.6 is 15.9 Å². The summed E-state index contributed by atoms with van der Waals surface area (Å²) in [6.45, 7) is 0.308. The molecular weight excluding hydrogens is 365 g/mol. The maximum atomic E-state index is 11.8. The number of carbonyl (C=O) groups excluding carboxylic acids is 1. The van der Waals surface area contributed by atoms with E-state index in [0.717, 1.165) is 4.47 Å². The van der Waals surface area contributed by atoms with Crippen LogP contribution in [0.3, 0.4) is 0 Å². The average molecular weight is 383 g/mol. The van der Waals surface area contributed by atoms with Gasteiger partial charge in [0.25, 0.3) is 0 Å². The second-order valence-corrected chi connectivity index (χ2v) is 5.47. The van der Waals surface area contributed by atoms with Gasteiger partial charge < -0.3 is 16.0 Å². The van der Waals surface area contributed by atoms with Crippen LogP contribution in [-0.4, -0.2) is 43.2 Å². The molecule has 0 saturated carbocycles. The quantitative estimate of drug-likeness (QED) is 0.573. The van der Waals surface area contributed by atoms with E-state index in [1.165, 1.54) is 0 Å². The molecule has 3 N–H and O–H groups in total. The van der Waals surface area contributed by atoms with Crippen molar-refractivity contribution in [3.05, 3.63) is 22.8 Å². The van der Waals surface area contributed by atoms with Crippen molar-refractivity contribution in [1.29, 1.82) is 0 Å². The highest BCUT2D eigenvalue weighted by molar-refractivity contribution is 9.10. The van der Waals surface area contributed by atoms with E-state index in [1.54, 1.807) is 18.3 Å². The third-order valence-corrected chi connectivity index (χ3v) is 3.04. The summed E-state index contributed by atoms with van der Waals surface area (Å²) in [5, 5.41) is 7.96. The summed E-state index contributed by atoms with van der Waals surface area (Å²) in [5.41, 5.74) is 0. The molecule has 9 heteroatoms. The third kappa shape index (κ3) is 9.69. The van der Waals surface area contributed by atoms with Crippen molar-refractivity contribution in [3.63, 3.8) is 0 Å². The molecule has 1 aromatic rings. The SMILES string of the molecule is O=C(CCNCCCNCC(F)(F)F)Nc1cc(Br)ccn1. The predicted octanol–water partition coefficient (Wildman–Crippen LogP) is 2.30. The van der Waals surface area contributed by atoms with E-state index in [-0.39, 0.29) is 18.9 Å². The lowest BCUT2D eigenvalue weighted by molar-refractivity contribution is -0.124. The highest BCUT2D eigenvalue weighted by Crippen LogP contribution is 2.13. The number of alkyl halides is 3. The summed E-state index contributed by atoms with van der Waals surface area (Å²) < 4.78 is 36.4. The molecule has 1 amide bonds. The lowest BCUT2D eigenvalue weighted by Crippen LogP contribution is -2.31. The van der Waals surface area contributed by atoms with E-state index in [4.69, 9.17) is 0 Å². The Morgan fingerprint density at radius 2 is 1.95 bits per heavy atom. The molecule has 0 bridgehead atoms. The Bertz CT molecular complexity index is 471. The fourth-order valence-electron chi connectivity index (χ4n) is 1.57. The maximum absolute atomic E-state index is 11.8. The second kappa shape index (κ2) is 9.75. The third-order valence-electron chi connectivity index (χ3n) is 2.55. The van der Waals surface area contributed by atoms with E-state index in [2.05, 4.69) is 36.9 Å². The van der Waals surface area contributed by atoms with Crippen LogP contribution in [0.25, 0.3) is 0 Å². The molecule has 0 aliphatic heterocycles. The predicted molar refractivity (Wildman–Crippen MR) is 81.6 cm³/mol. The van der Waals surface area contributed by atoms with Gasteiger partial charge in [-0.3, -0.25) is 4.79 Å². The van der Waals surface area contributed by atoms with E-state index in [9.17, 15) is 18.0 Å². The first-order valence-electron chi connectivity index (χ1n) is 6.76. The summed E-state index contributed by atoms with van der Waals surface area (Å²) in [6.07, 6.45) is -1.77. The Morgan fingerprint density at radius 1 is 1.23 bits per heavy atom. The Kier molecular flexibility index (Phi) is 8.36. The van der Waals surface area contributed by atoms with E-state index in [0.29, 0.717) is 25.3 Å². The average Bonchev–Trinajstić information content (AvgIpc) is 2.40. The number of amides is 1. The van der Waals surface area contributed by atoms with Crippen molar-refractivity contribution in [3.8, 4) is 0 Å². The zero-order chi connectivity index (χ0) is 16.4. The van der Waals surface area contributed by atoms with Crippen LogP contribution in [0.5, 0.6) is 0 Å². The Hall–Kier alpha value is -1.19. The van der Waals surface area contributed by atoms with Crippen LogP contribution in [0.1, 0.15) is 12.8 Å². The lowest BCUT2D eigenvalue weighted by Gasteiger charge is -2.08. The standard InChI is InChI=1S/C13H18BrF3N4O/c14-10-2-7-20-11(8-10)21-12(22)3-6-18-4-1-5-19-9-13(15,16)17/h2,7-8,18-19H,1,3-6,9H2,(H,20,21,22). The van der Waals surface area contributed by atoms with Gasteiger partial charge in [0.2, 0.25) is 5.91 Å². The first kappa shape index (κ1) is 18.9. The van der Waals surface area contributed by atoms with E-state index >= 15 is 0 Å². The Labute approximate surface area is 135 Å². The van der Waals surface area contributed by atoms with Crippen molar-refractivity contribution in [2.24, 2.45) is 0 Å². The number of nitrogens with one attached hydrogen (secondary N) is 3. The number of hydrogen-bond acceptors (Lipinski definition) is 4. The minimum absolute atomic E-state index is 0.173. The van der Waals surface area contributed by atoms with Crippen molar-refractivity contribution >= 4 is 27.7 Å². The van der Waals surface area contributed by atoms with Gasteiger partial charge in [-0.15, -0.1) is 0 Å². The minimum atomic E-state index is -4.17. The summed E-state index contributed by atoms with van der Waals surface area (Å²) in [6, 6.07) is 3.45. The summed E-state index contributed by atoms with van der Waals surface area (Å²) >= 11 is 3.28. The summed E-state index contributed by atoms with van der Waals surface area (Å²) in [5.74, 6) is 0.295. The van der Waals surface area contributed by atoms with Crippen LogP contribution in [0.15, 0.2) is 22.8 Å². The van der Waals surface area contributed by atoms with Gasteiger partial charge in [0.1, 0.15) is 5.82 Å². The molecule has 0 aliphatic rings. The number of pyridine rings is 1. The van der Waals surface area contributed by atoms with Crippen molar-refractivity contribution in [2.75, 3.05) is 31.5 Å². The van der Waals surface area contributed by atoms with Gasteiger partial charge in [-0.25, -0.2) is 4.98 Å². The number of hydrogen-bond donors (Lipinski definition) is 3. The van der Waals surface area contributed by atoms with Crippen molar-refractivity contribution in [1.82, 2.24) is 15.6 Å². The van der Waals surface area contributed by atoms with Gasteiger partial charge in [0.15, 0.2) is 0 Å². The number of rotatable bonds is 9. The molecule has 22 heavy (non-hydrogen) atoms. The molecule has 0 spiro atoms. The Balaban J connectivity index is 2.01. The molecule has 0 unspecified atom stereocenters. The molecule has 0 radical (unpaired) electrons. The normalized spacial score (nSPS) is 11.5. The molecule has 5 nitrogen and oxygen atoms in total. The molecule has 0 aliphatic carbocycles. The van der Waals surface area contributed by atoms with E-state index in [1.807, 2.05) is 0 Å². The van der Waals surface area contributed by atoms with Crippen LogP contribution in [0.2, 0.25) is 0 Å². The Morgan fingerprint density at radius 3 is 2.64 bits per heavy atom. The molecule has 0 atom stereocenters. The van der Waals surface area contributed by atoms with Gasteiger partial charge in [-0.1, -0.05) is 15.9 Å². The molecule has 1 aromatic heterocycles. The molecular formula is C13H18BrF3N4O. The number of halogens is 4. The monoisotopic (exact) mass is 382 g/mol. The highest BCUT2D eigenvalue weighted by atomic mass is 79.9. The van der Waals surface area contributed by atoms with Gasteiger partial charge in [-0.05, 0) is 31.6 Å². The number of anilines is 1. The minimum Gasteiger partial charge on any atom is -0.316 e. The highest BCUT2D eigenvalue weighted by Gasteiger charge is 2.25. The molecule has 0 aromatic carbocycles. The largest absolute Gasteiger partial charge is 0.401 e. The van der Waals surface area contributed by atoms with Crippen LogP contribution in [0, 0.1) is 0 Å². The van der Waals surface area contributed by atoms with Crippen molar-refractivity contribution < 1.29 is 18.0 Å². The molecule has 1 heterocycles. The molecule has 0 fully saturated rings. The lowest BCUT2D eigenvalue weighted by atomic mass is 10.3. The molecule has 0 saturated heterocycles. The summed E-state index contributed by atoms with van der Waals surface area (Å²) in [7, 11) is 0. The topological polar surface area (TPSA) is 66.1 Å². The first-order valence-corrected chi connectivity index (χ1v) is 7.56. The first-order chi connectivity index (χ1) is 10.4. The van der Waals surface area contributed by atoms with Gasteiger partial charge in [0.05, 0.1) is 6.54 Å². The van der Waals surface area contributed by atoms with Gasteiger partial charge in [0, 0.05) is 23.6 Å².